The second kappa shape index (κ2) is 6.78. The van der Waals surface area contributed by atoms with Gasteiger partial charge in [-0.05, 0) is 34.6 Å². The molecular weight excluding hydrogens is 236 g/mol. The molecule has 0 rings (SSSR count). The lowest BCUT2D eigenvalue weighted by Crippen LogP contribution is -2.35. The number of carboxylic acid groups (broad SMARTS) is 1. The SMILES string of the molecule is C/C=C(CC(=O)O)\N=C(/C)NC(=O)OC(C)(C)C. The summed E-state index contributed by atoms with van der Waals surface area (Å²) in [7, 11) is 0. The van der Waals surface area contributed by atoms with E-state index in [4.69, 9.17) is 9.84 Å². The summed E-state index contributed by atoms with van der Waals surface area (Å²) >= 11 is 0. The smallest absolute Gasteiger partial charge is 0.413 e. The fraction of sp³-hybridized carbons (Fsp3) is 0.583. The Morgan fingerprint density at radius 2 is 1.94 bits per heavy atom. The van der Waals surface area contributed by atoms with Crippen LogP contribution in [0.5, 0.6) is 0 Å². The second-order valence-corrected chi connectivity index (χ2v) is 4.67. The number of nitrogens with one attached hydrogen (secondary N) is 1. The van der Waals surface area contributed by atoms with E-state index in [9.17, 15) is 9.59 Å². The summed E-state index contributed by atoms with van der Waals surface area (Å²) in [6, 6.07) is 0. The Morgan fingerprint density at radius 1 is 1.39 bits per heavy atom. The topological polar surface area (TPSA) is 88.0 Å². The minimum absolute atomic E-state index is 0.191. The number of hydrogen-bond donors (Lipinski definition) is 2. The summed E-state index contributed by atoms with van der Waals surface area (Å²) in [4.78, 5) is 25.9. The maximum Gasteiger partial charge on any atom is 0.413 e. The van der Waals surface area contributed by atoms with Crippen LogP contribution in [0.1, 0.15) is 41.0 Å². The van der Waals surface area contributed by atoms with E-state index < -0.39 is 17.7 Å². The Labute approximate surface area is 107 Å². The van der Waals surface area contributed by atoms with Gasteiger partial charge in [-0.15, -0.1) is 0 Å². The Morgan fingerprint density at radius 3 is 2.33 bits per heavy atom. The van der Waals surface area contributed by atoms with Crippen LogP contribution < -0.4 is 5.32 Å². The standard InChI is InChI=1S/C12H20N2O4/c1-6-9(7-10(15)16)13-8(2)14-11(17)18-12(3,4)5/h6H,7H2,1-5H3,(H,15,16)(H,13,14,17)/b9-6-. The minimum atomic E-state index is -0.975. The average molecular weight is 256 g/mol. The first-order valence-corrected chi connectivity index (χ1v) is 5.56. The molecule has 0 saturated carbocycles. The number of amidine groups is 1. The molecule has 0 aliphatic carbocycles. The van der Waals surface area contributed by atoms with E-state index in [-0.39, 0.29) is 6.42 Å². The van der Waals surface area contributed by atoms with Gasteiger partial charge < -0.3 is 9.84 Å². The predicted molar refractivity (Wildman–Crippen MR) is 68.5 cm³/mol. The van der Waals surface area contributed by atoms with Gasteiger partial charge in [0, 0.05) is 5.70 Å². The lowest BCUT2D eigenvalue weighted by Gasteiger charge is -2.19. The molecule has 0 aromatic heterocycles. The highest BCUT2D eigenvalue weighted by molar-refractivity contribution is 5.94. The molecule has 0 radical (unpaired) electrons. The number of carboxylic acids is 1. The van der Waals surface area contributed by atoms with Crippen LogP contribution in [0.25, 0.3) is 0 Å². The fourth-order valence-corrected chi connectivity index (χ4v) is 1.06. The number of rotatable bonds is 3. The van der Waals surface area contributed by atoms with Crippen molar-refractivity contribution in [2.24, 2.45) is 4.99 Å². The van der Waals surface area contributed by atoms with E-state index >= 15 is 0 Å². The van der Waals surface area contributed by atoms with Gasteiger partial charge in [-0.25, -0.2) is 9.79 Å². The number of allylic oxidation sites excluding steroid dienone is 1. The van der Waals surface area contributed by atoms with Crippen LogP contribution in [0.15, 0.2) is 16.8 Å². The molecule has 1 amide bonds. The Balaban J connectivity index is 4.51. The van der Waals surface area contributed by atoms with Crippen molar-refractivity contribution in [1.82, 2.24) is 5.32 Å². The van der Waals surface area contributed by atoms with Crippen molar-refractivity contribution in [1.29, 1.82) is 0 Å². The summed E-state index contributed by atoms with van der Waals surface area (Å²) in [6.45, 7) is 8.50. The van der Waals surface area contributed by atoms with E-state index in [2.05, 4.69) is 10.3 Å². The first-order valence-electron chi connectivity index (χ1n) is 5.56. The van der Waals surface area contributed by atoms with Crippen LogP contribution in [0.4, 0.5) is 4.79 Å². The van der Waals surface area contributed by atoms with Crippen molar-refractivity contribution < 1.29 is 19.4 Å². The zero-order valence-corrected chi connectivity index (χ0v) is 11.4. The van der Waals surface area contributed by atoms with E-state index in [0.717, 1.165) is 0 Å². The largest absolute Gasteiger partial charge is 0.481 e. The molecule has 0 aromatic carbocycles. The molecule has 0 aliphatic rings. The first-order chi connectivity index (χ1) is 8.14. The maximum absolute atomic E-state index is 11.4. The molecule has 18 heavy (non-hydrogen) atoms. The molecule has 6 heteroatoms. The molecule has 0 aliphatic heterocycles. The number of amides is 1. The number of nitrogens with zero attached hydrogens (tertiary/aromatic N) is 1. The van der Waals surface area contributed by atoms with Crippen LogP contribution in [-0.2, 0) is 9.53 Å². The second-order valence-electron chi connectivity index (χ2n) is 4.67. The Bertz CT molecular complexity index is 378. The summed E-state index contributed by atoms with van der Waals surface area (Å²) in [5, 5.41) is 11.1. The average Bonchev–Trinajstić information content (AvgIpc) is 2.12. The van der Waals surface area contributed by atoms with Crippen LogP contribution >= 0.6 is 0 Å². The molecule has 0 fully saturated rings. The van der Waals surface area contributed by atoms with E-state index in [1.807, 2.05) is 0 Å². The third-order valence-electron chi connectivity index (χ3n) is 1.66. The van der Waals surface area contributed by atoms with Gasteiger partial charge >= 0.3 is 12.1 Å². The van der Waals surface area contributed by atoms with Crippen molar-refractivity contribution in [3.05, 3.63) is 11.8 Å². The predicted octanol–water partition coefficient (Wildman–Crippen LogP) is 2.31. The van der Waals surface area contributed by atoms with Gasteiger partial charge in [-0.1, -0.05) is 6.08 Å². The molecule has 0 atom stereocenters. The van der Waals surface area contributed by atoms with Gasteiger partial charge in [-0.3, -0.25) is 10.1 Å². The van der Waals surface area contributed by atoms with Gasteiger partial charge in [0.2, 0.25) is 0 Å². The van der Waals surface area contributed by atoms with Crippen molar-refractivity contribution in [2.45, 2.75) is 46.6 Å². The number of carbonyl (C=O) groups is 2. The van der Waals surface area contributed by atoms with Crippen molar-refractivity contribution >= 4 is 17.9 Å². The number of alkyl carbamates (subject to hydrolysis) is 1. The van der Waals surface area contributed by atoms with Crippen molar-refractivity contribution in [3.8, 4) is 0 Å². The van der Waals surface area contributed by atoms with Crippen molar-refractivity contribution in [2.75, 3.05) is 0 Å². The summed E-state index contributed by atoms with van der Waals surface area (Å²) in [5.41, 5.74) is -0.217. The third kappa shape index (κ3) is 8.32. The molecule has 0 aromatic rings. The van der Waals surface area contributed by atoms with Crippen molar-refractivity contribution in [3.63, 3.8) is 0 Å². The number of carbonyl (C=O) groups excluding carboxylic acids is 1. The van der Waals surface area contributed by atoms with Crippen LogP contribution in [0, 0.1) is 0 Å². The van der Waals surface area contributed by atoms with Gasteiger partial charge in [0.1, 0.15) is 11.4 Å². The van der Waals surface area contributed by atoms with E-state index in [1.165, 1.54) is 0 Å². The number of hydrogen-bond acceptors (Lipinski definition) is 4. The Kier molecular flexibility index (Phi) is 6.08. The fourth-order valence-electron chi connectivity index (χ4n) is 1.06. The van der Waals surface area contributed by atoms with Crippen LogP contribution in [0.2, 0.25) is 0 Å². The number of aliphatic carboxylic acids is 1. The molecule has 0 spiro atoms. The van der Waals surface area contributed by atoms with E-state index in [1.54, 1.807) is 40.7 Å². The lowest BCUT2D eigenvalue weighted by atomic mass is 10.2. The summed E-state index contributed by atoms with van der Waals surface area (Å²) in [5.74, 6) is -0.685. The molecule has 6 nitrogen and oxygen atoms in total. The summed E-state index contributed by atoms with van der Waals surface area (Å²) < 4.78 is 5.04. The zero-order valence-electron chi connectivity index (χ0n) is 11.4. The highest BCUT2D eigenvalue weighted by Gasteiger charge is 2.16. The number of ether oxygens (including phenoxy) is 1. The molecule has 0 heterocycles. The van der Waals surface area contributed by atoms with Crippen LogP contribution in [-0.4, -0.2) is 28.6 Å². The minimum Gasteiger partial charge on any atom is -0.481 e. The van der Waals surface area contributed by atoms with Gasteiger partial charge in [-0.2, -0.15) is 0 Å². The molecular formula is C12H20N2O4. The summed E-state index contributed by atoms with van der Waals surface area (Å²) in [6.07, 6.45) is 0.771. The van der Waals surface area contributed by atoms with E-state index in [0.29, 0.717) is 11.5 Å². The maximum atomic E-state index is 11.4. The number of aliphatic imine (C=N–C) groups is 1. The highest BCUT2D eigenvalue weighted by Crippen LogP contribution is 2.07. The molecule has 102 valence electrons. The molecule has 0 saturated heterocycles. The zero-order chi connectivity index (χ0) is 14.3. The lowest BCUT2D eigenvalue weighted by molar-refractivity contribution is -0.136. The first kappa shape index (κ1) is 16.1. The van der Waals surface area contributed by atoms with Gasteiger partial charge in [0.05, 0.1) is 6.42 Å². The van der Waals surface area contributed by atoms with Gasteiger partial charge in [0.25, 0.3) is 0 Å². The highest BCUT2D eigenvalue weighted by atomic mass is 16.6. The van der Waals surface area contributed by atoms with Gasteiger partial charge in [0.15, 0.2) is 0 Å². The normalized spacial score (nSPS) is 13.2. The van der Waals surface area contributed by atoms with Crippen LogP contribution in [0.3, 0.4) is 0 Å². The molecule has 0 unspecified atom stereocenters. The Hall–Kier alpha value is -1.85. The monoisotopic (exact) mass is 256 g/mol. The molecule has 2 N–H and O–H groups in total. The molecule has 0 bridgehead atoms. The quantitative estimate of drug-likeness (QED) is 0.599. The third-order valence-corrected chi connectivity index (χ3v) is 1.66.